The summed E-state index contributed by atoms with van der Waals surface area (Å²) in [5.74, 6) is -4.59. The summed E-state index contributed by atoms with van der Waals surface area (Å²) in [7, 11) is -4.23. The van der Waals surface area contributed by atoms with E-state index in [1.165, 1.54) is 0 Å². The van der Waals surface area contributed by atoms with Crippen molar-refractivity contribution in [3.8, 4) is 5.75 Å². The number of carboxylic acid groups (broad SMARTS) is 1. The lowest BCUT2D eigenvalue weighted by atomic mass is 10.3. The van der Waals surface area contributed by atoms with Gasteiger partial charge in [0.25, 0.3) is 0 Å². The predicted octanol–water partition coefficient (Wildman–Crippen LogP) is 0.466. The molecular formula is C9H9F2NO5S. The van der Waals surface area contributed by atoms with Crippen LogP contribution < -0.4 is 9.88 Å². The molecule has 0 aliphatic rings. The monoisotopic (exact) mass is 281 g/mol. The minimum atomic E-state index is -4.23. The summed E-state index contributed by atoms with van der Waals surface area (Å²) >= 11 is 0. The van der Waals surface area contributed by atoms with Gasteiger partial charge in [0, 0.05) is 0 Å². The smallest absolute Gasteiger partial charge is 0.306 e. The number of primary sulfonamides is 1. The average molecular weight is 281 g/mol. The quantitative estimate of drug-likeness (QED) is 0.815. The minimum Gasteiger partial charge on any atom is -0.487 e. The molecule has 0 amide bonds. The van der Waals surface area contributed by atoms with Crippen molar-refractivity contribution in [1.82, 2.24) is 0 Å². The zero-order chi connectivity index (χ0) is 13.9. The molecule has 0 heterocycles. The van der Waals surface area contributed by atoms with E-state index in [-0.39, 0.29) is 0 Å². The number of nitrogens with two attached hydrogens (primary N) is 1. The first-order valence-corrected chi connectivity index (χ1v) is 6.13. The van der Waals surface area contributed by atoms with Crippen LogP contribution in [0.25, 0.3) is 0 Å². The second-order valence-electron chi connectivity index (χ2n) is 3.25. The first-order chi connectivity index (χ1) is 8.21. The fourth-order valence-corrected chi connectivity index (χ4v) is 1.61. The Morgan fingerprint density at radius 3 is 2.22 bits per heavy atom. The molecule has 0 saturated heterocycles. The van der Waals surface area contributed by atoms with E-state index >= 15 is 0 Å². The van der Waals surface area contributed by atoms with Crippen LogP contribution in [0.5, 0.6) is 5.75 Å². The molecule has 1 aromatic rings. The number of carbonyl (C=O) groups is 1. The molecule has 0 aliphatic carbocycles. The molecule has 3 N–H and O–H groups in total. The third-order valence-electron chi connectivity index (χ3n) is 1.86. The first kappa shape index (κ1) is 14.3. The Labute approximate surface area is 101 Å². The summed E-state index contributed by atoms with van der Waals surface area (Å²) in [5.41, 5.74) is 0. The van der Waals surface area contributed by atoms with Gasteiger partial charge in [0.2, 0.25) is 10.0 Å². The van der Waals surface area contributed by atoms with Crippen LogP contribution in [0.2, 0.25) is 0 Å². The van der Waals surface area contributed by atoms with Gasteiger partial charge in [-0.25, -0.2) is 22.3 Å². The number of carboxylic acids is 1. The van der Waals surface area contributed by atoms with Crippen molar-refractivity contribution < 1.29 is 31.8 Å². The number of benzene rings is 1. The van der Waals surface area contributed by atoms with Gasteiger partial charge in [-0.2, -0.15) is 0 Å². The Morgan fingerprint density at radius 1 is 1.33 bits per heavy atom. The van der Waals surface area contributed by atoms with Crippen LogP contribution in [-0.4, -0.2) is 26.1 Å². The highest BCUT2D eigenvalue weighted by atomic mass is 32.2. The lowest BCUT2D eigenvalue weighted by molar-refractivity contribution is -0.137. The number of aliphatic carboxylic acids is 1. The highest BCUT2D eigenvalue weighted by molar-refractivity contribution is 7.89. The second-order valence-corrected chi connectivity index (χ2v) is 4.81. The molecule has 0 aromatic heterocycles. The highest BCUT2D eigenvalue weighted by Crippen LogP contribution is 2.25. The van der Waals surface area contributed by atoms with Gasteiger partial charge in [-0.1, -0.05) is 0 Å². The maximum atomic E-state index is 13.3. The van der Waals surface area contributed by atoms with Crippen molar-refractivity contribution in [2.75, 3.05) is 6.61 Å². The normalized spacial score (nSPS) is 11.3. The second kappa shape index (κ2) is 5.27. The van der Waals surface area contributed by atoms with E-state index < -0.39 is 51.3 Å². The van der Waals surface area contributed by atoms with Crippen LogP contribution in [-0.2, 0) is 14.8 Å². The molecule has 100 valence electrons. The van der Waals surface area contributed by atoms with Crippen molar-refractivity contribution in [2.45, 2.75) is 11.3 Å². The molecule has 0 fully saturated rings. The minimum absolute atomic E-state index is 0.447. The predicted molar refractivity (Wildman–Crippen MR) is 55.5 cm³/mol. The van der Waals surface area contributed by atoms with Crippen LogP contribution in [0.15, 0.2) is 17.0 Å². The molecule has 6 nitrogen and oxygen atoms in total. The van der Waals surface area contributed by atoms with E-state index in [0.29, 0.717) is 12.1 Å². The molecular weight excluding hydrogens is 272 g/mol. The topological polar surface area (TPSA) is 107 Å². The van der Waals surface area contributed by atoms with Crippen molar-refractivity contribution in [1.29, 1.82) is 0 Å². The lowest BCUT2D eigenvalue weighted by Gasteiger charge is -2.08. The van der Waals surface area contributed by atoms with E-state index in [4.69, 9.17) is 10.2 Å². The van der Waals surface area contributed by atoms with Gasteiger partial charge < -0.3 is 9.84 Å². The van der Waals surface area contributed by atoms with Gasteiger partial charge in [-0.15, -0.1) is 0 Å². The summed E-state index contributed by atoms with van der Waals surface area (Å²) < 4.78 is 53.0. The summed E-state index contributed by atoms with van der Waals surface area (Å²) in [4.78, 5) is 9.45. The number of sulfonamides is 1. The van der Waals surface area contributed by atoms with Gasteiger partial charge in [0.1, 0.15) is 0 Å². The largest absolute Gasteiger partial charge is 0.487 e. The van der Waals surface area contributed by atoms with Crippen molar-refractivity contribution >= 4 is 16.0 Å². The zero-order valence-electron chi connectivity index (χ0n) is 8.89. The lowest BCUT2D eigenvalue weighted by Crippen LogP contribution is -2.14. The summed E-state index contributed by atoms with van der Waals surface area (Å²) in [6, 6.07) is 0.989. The molecule has 0 radical (unpaired) electrons. The third-order valence-corrected chi connectivity index (χ3v) is 2.76. The Bertz CT molecular complexity index is 549. The van der Waals surface area contributed by atoms with Crippen LogP contribution in [0.3, 0.4) is 0 Å². The number of halogens is 2. The van der Waals surface area contributed by atoms with Gasteiger partial charge in [0.05, 0.1) is 17.9 Å². The standard InChI is InChI=1S/C9H9F2NO5S/c10-6-3-5(18(12,15)16)4-7(11)9(6)17-2-1-8(13)14/h3-4H,1-2H2,(H,13,14)(H2,12,15,16). The zero-order valence-corrected chi connectivity index (χ0v) is 9.71. The fourth-order valence-electron chi connectivity index (χ4n) is 1.08. The van der Waals surface area contributed by atoms with Gasteiger partial charge in [0.15, 0.2) is 17.4 Å². The van der Waals surface area contributed by atoms with Crippen LogP contribution in [0, 0.1) is 11.6 Å². The number of hydrogen-bond acceptors (Lipinski definition) is 4. The Hall–Kier alpha value is -1.74. The summed E-state index contributed by atoms with van der Waals surface area (Å²) in [6.07, 6.45) is -0.449. The molecule has 0 saturated carbocycles. The van der Waals surface area contributed by atoms with E-state index in [9.17, 15) is 22.0 Å². The maximum Gasteiger partial charge on any atom is 0.306 e. The SMILES string of the molecule is NS(=O)(=O)c1cc(F)c(OCCC(=O)O)c(F)c1. The Balaban J connectivity index is 2.99. The number of rotatable bonds is 5. The van der Waals surface area contributed by atoms with E-state index in [0.717, 1.165) is 0 Å². The Morgan fingerprint density at radius 2 is 1.83 bits per heavy atom. The maximum absolute atomic E-state index is 13.3. The molecule has 9 heteroatoms. The molecule has 0 aliphatic heterocycles. The first-order valence-electron chi connectivity index (χ1n) is 4.58. The summed E-state index contributed by atoms with van der Waals surface area (Å²) in [6.45, 7) is -0.447. The van der Waals surface area contributed by atoms with Crippen molar-refractivity contribution in [3.63, 3.8) is 0 Å². The molecule has 1 aromatic carbocycles. The molecule has 0 bridgehead atoms. The van der Waals surface area contributed by atoms with Crippen molar-refractivity contribution in [3.05, 3.63) is 23.8 Å². The van der Waals surface area contributed by atoms with Gasteiger partial charge >= 0.3 is 5.97 Å². The van der Waals surface area contributed by atoms with Gasteiger partial charge in [-0.3, -0.25) is 4.79 Å². The van der Waals surface area contributed by atoms with E-state index in [1.54, 1.807) is 0 Å². The summed E-state index contributed by atoms with van der Waals surface area (Å²) in [5, 5.41) is 13.0. The molecule has 0 atom stereocenters. The highest BCUT2D eigenvalue weighted by Gasteiger charge is 2.18. The Kier molecular flexibility index (Phi) is 4.19. The third kappa shape index (κ3) is 3.64. The van der Waals surface area contributed by atoms with E-state index in [1.807, 2.05) is 0 Å². The molecule has 0 spiro atoms. The number of hydrogen-bond donors (Lipinski definition) is 2. The molecule has 1 rings (SSSR count). The number of ether oxygens (including phenoxy) is 1. The van der Waals surface area contributed by atoms with E-state index in [2.05, 4.69) is 4.74 Å². The van der Waals surface area contributed by atoms with Crippen LogP contribution >= 0.6 is 0 Å². The van der Waals surface area contributed by atoms with Crippen molar-refractivity contribution in [2.24, 2.45) is 5.14 Å². The molecule has 0 unspecified atom stereocenters. The molecule has 18 heavy (non-hydrogen) atoms. The van der Waals surface area contributed by atoms with Crippen LogP contribution in [0.1, 0.15) is 6.42 Å². The van der Waals surface area contributed by atoms with Gasteiger partial charge in [-0.05, 0) is 12.1 Å². The average Bonchev–Trinajstić information content (AvgIpc) is 2.20. The fraction of sp³-hybridized carbons (Fsp3) is 0.222. The van der Waals surface area contributed by atoms with Crippen LogP contribution in [0.4, 0.5) is 8.78 Å².